The summed E-state index contributed by atoms with van der Waals surface area (Å²) in [6.07, 6.45) is 2.39. The maximum atomic E-state index is 12.2. The Hall–Kier alpha value is -3.03. The van der Waals surface area contributed by atoms with Crippen LogP contribution in [0.1, 0.15) is 35.4 Å². The van der Waals surface area contributed by atoms with E-state index in [1.54, 1.807) is 23.0 Å². The number of hydrogen-bond donors (Lipinski definition) is 3. The van der Waals surface area contributed by atoms with Gasteiger partial charge in [0.25, 0.3) is 5.91 Å². The van der Waals surface area contributed by atoms with Crippen molar-refractivity contribution in [1.82, 2.24) is 15.1 Å². The maximum absolute atomic E-state index is 12.2. The molecule has 0 bridgehead atoms. The van der Waals surface area contributed by atoms with Crippen LogP contribution in [-0.4, -0.2) is 28.8 Å². The van der Waals surface area contributed by atoms with Gasteiger partial charge in [-0.05, 0) is 30.7 Å². The lowest BCUT2D eigenvalue weighted by Crippen LogP contribution is -2.33. The van der Waals surface area contributed by atoms with Gasteiger partial charge in [0, 0.05) is 18.9 Å². The van der Waals surface area contributed by atoms with Gasteiger partial charge in [-0.2, -0.15) is 5.10 Å². The molecule has 0 aliphatic carbocycles. The Labute approximate surface area is 140 Å². The summed E-state index contributed by atoms with van der Waals surface area (Å²) in [6.45, 7) is 1.97. The molecule has 1 aromatic carbocycles. The molecule has 2 aromatic rings. The molecule has 24 heavy (non-hydrogen) atoms. The summed E-state index contributed by atoms with van der Waals surface area (Å²) < 4.78 is 6.79. The lowest BCUT2D eigenvalue weighted by atomic mass is 10.1. The number of aryl methyl sites for hydroxylation is 1. The number of anilines is 1. The van der Waals surface area contributed by atoms with Gasteiger partial charge in [0.05, 0.1) is 24.4 Å². The normalized spacial score (nSPS) is 11.6. The van der Waals surface area contributed by atoms with Gasteiger partial charge in [-0.3, -0.25) is 9.48 Å². The first-order valence-corrected chi connectivity index (χ1v) is 7.49. The van der Waals surface area contributed by atoms with Crippen LogP contribution in [0.25, 0.3) is 0 Å². The van der Waals surface area contributed by atoms with Crippen molar-refractivity contribution in [3.63, 3.8) is 0 Å². The molecule has 3 amide bonds. The zero-order chi connectivity index (χ0) is 17.7. The van der Waals surface area contributed by atoms with E-state index in [1.165, 1.54) is 13.2 Å². The molecule has 1 aromatic heterocycles. The minimum atomic E-state index is -0.628. The van der Waals surface area contributed by atoms with Crippen molar-refractivity contribution in [2.24, 2.45) is 12.8 Å². The zero-order valence-electron chi connectivity index (χ0n) is 13.9. The highest BCUT2D eigenvalue weighted by atomic mass is 16.5. The number of benzene rings is 1. The highest BCUT2D eigenvalue weighted by Gasteiger charge is 2.16. The molecular weight excluding hydrogens is 310 g/mol. The number of nitrogens with zero attached hydrogens (tertiary/aromatic N) is 2. The number of rotatable bonds is 6. The molecule has 0 spiro atoms. The van der Waals surface area contributed by atoms with Crippen molar-refractivity contribution in [2.75, 3.05) is 12.4 Å². The van der Waals surface area contributed by atoms with Crippen LogP contribution in [0.3, 0.4) is 0 Å². The molecule has 0 radical (unpaired) electrons. The number of nitrogens with two attached hydrogens (primary N) is 1. The molecule has 0 aliphatic heterocycles. The van der Waals surface area contributed by atoms with E-state index in [0.29, 0.717) is 17.9 Å². The van der Waals surface area contributed by atoms with E-state index >= 15 is 0 Å². The first-order chi connectivity index (χ1) is 11.5. The number of urea groups is 1. The number of carbonyl (C=O) groups excluding carboxylic acids is 2. The van der Waals surface area contributed by atoms with Gasteiger partial charge in [0.15, 0.2) is 0 Å². The Morgan fingerprint density at radius 1 is 1.38 bits per heavy atom. The fourth-order valence-electron chi connectivity index (χ4n) is 2.41. The van der Waals surface area contributed by atoms with Crippen LogP contribution in [0.2, 0.25) is 0 Å². The van der Waals surface area contributed by atoms with Crippen molar-refractivity contribution >= 4 is 17.6 Å². The molecule has 0 fully saturated rings. The summed E-state index contributed by atoms with van der Waals surface area (Å²) in [5, 5.41) is 9.68. The van der Waals surface area contributed by atoms with E-state index in [0.717, 1.165) is 5.69 Å². The average molecular weight is 331 g/mol. The fourth-order valence-corrected chi connectivity index (χ4v) is 2.41. The van der Waals surface area contributed by atoms with Crippen LogP contribution < -0.4 is 21.1 Å². The molecule has 2 rings (SSSR count). The number of amides is 3. The molecular formula is C16H21N5O3. The van der Waals surface area contributed by atoms with E-state index in [1.807, 2.05) is 20.0 Å². The summed E-state index contributed by atoms with van der Waals surface area (Å²) in [4.78, 5) is 23.7. The van der Waals surface area contributed by atoms with Gasteiger partial charge < -0.3 is 21.1 Å². The van der Waals surface area contributed by atoms with Crippen LogP contribution in [0.5, 0.6) is 5.75 Å². The minimum absolute atomic E-state index is 0.175. The number of nitrogens with one attached hydrogen (secondary N) is 2. The predicted molar refractivity (Wildman–Crippen MR) is 89.9 cm³/mol. The summed E-state index contributed by atoms with van der Waals surface area (Å²) in [5.74, 6) is -0.271. The van der Waals surface area contributed by atoms with Gasteiger partial charge >= 0.3 is 6.03 Å². The number of primary amides is 1. The molecule has 128 valence electrons. The van der Waals surface area contributed by atoms with Gasteiger partial charge in [0.2, 0.25) is 0 Å². The first kappa shape index (κ1) is 17.3. The number of carbonyl (C=O) groups is 2. The van der Waals surface area contributed by atoms with E-state index in [2.05, 4.69) is 15.7 Å². The SMILES string of the molecule is CC[C@H](NC(=O)Nc1ccc(OC)c(C(N)=O)c1)c1ccnn1C. The smallest absolute Gasteiger partial charge is 0.319 e. The van der Waals surface area contributed by atoms with Crippen molar-refractivity contribution < 1.29 is 14.3 Å². The molecule has 4 N–H and O–H groups in total. The highest BCUT2D eigenvalue weighted by molar-refractivity contribution is 5.98. The standard InChI is InChI=1S/C16H21N5O3/c1-4-12(13-7-8-18-21(13)2)20-16(23)19-10-5-6-14(24-3)11(9-10)15(17)22/h5-9,12H,4H2,1-3H3,(H2,17,22)(H2,19,20,23)/t12-/m0/s1. The summed E-state index contributed by atoms with van der Waals surface area (Å²) in [6, 6.07) is 5.98. The monoisotopic (exact) mass is 331 g/mol. The second-order valence-electron chi connectivity index (χ2n) is 5.22. The maximum Gasteiger partial charge on any atom is 0.319 e. The summed E-state index contributed by atoms with van der Waals surface area (Å²) in [5.41, 5.74) is 6.87. The molecule has 0 saturated heterocycles. The van der Waals surface area contributed by atoms with Crippen LogP contribution in [0.4, 0.5) is 10.5 Å². The highest BCUT2D eigenvalue weighted by Crippen LogP contribution is 2.22. The van der Waals surface area contributed by atoms with E-state index < -0.39 is 5.91 Å². The van der Waals surface area contributed by atoms with E-state index in [9.17, 15) is 9.59 Å². The summed E-state index contributed by atoms with van der Waals surface area (Å²) in [7, 11) is 3.27. The number of hydrogen-bond acceptors (Lipinski definition) is 4. The number of aromatic nitrogens is 2. The van der Waals surface area contributed by atoms with Crippen molar-refractivity contribution in [3.05, 3.63) is 41.7 Å². The van der Waals surface area contributed by atoms with Crippen LogP contribution in [0, 0.1) is 0 Å². The third-order valence-electron chi connectivity index (χ3n) is 3.65. The van der Waals surface area contributed by atoms with Gasteiger partial charge in [-0.25, -0.2) is 4.79 Å². The number of methoxy groups -OCH3 is 1. The second kappa shape index (κ2) is 7.49. The van der Waals surface area contributed by atoms with Crippen LogP contribution in [0.15, 0.2) is 30.5 Å². The summed E-state index contributed by atoms with van der Waals surface area (Å²) >= 11 is 0. The topological polar surface area (TPSA) is 111 Å². The third-order valence-corrected chi connectivity index (χ3v) is 3.65. The molecule has 0 unspecified atom stereocenters. The van der Waals surface area contributed by atoms with E-state index in [-0.39, 0.29) is 17.6 Å². The quantitative estimate of drug-likeness (QED) is 0.749. The average Bonchev–Trinajstić information content (AvgIpc) is 2.98. The molecule has 1 heterocycles. The molecule has 8 heteroatoms. The lowest BCUT2D eigenvalue weighted by molar-refractivity contribution is 0.0997. The minimum Gasteiger partial charge on any atom is -0.496 e. The zero-order valence-corrected chi connectivity index (χ0v) is 13.9. The lowest BCUT2D eigenvalue weighted by Gasteiger charge is -2.18. The second-order valence-corrected chi connectivity index (χ2v) is 5.22. The Morgan fingerprint density at radius 2 is 2.12 bits per heavy atom. The van der Waals surface area contributed by atoms with Gasteiger partial charge in [-0.15, -0.1) is 0 Å². The Balaban J connectivity index is 2.10. The Morgan fingerprint density at radius 3 is 2.67 bits per heavy atom. The van der Waals surface area contributed by atoms with Gasteiger partial charge in [-0.1, -0.05) is 6.92 Å². The Kier molecular flexibility index (Phi) is 5.41. The van der Waals surface area contributed by atoms with E-state index in [4.69, 9.17) is 10.5 Å². The molecule has 0 aliphatic rings. The molecule has 0 saturated carbocycles. The van der Waals surface area contributed by atoms with Crippen molar-refractivity contribution in [2.45, 2.75) is 19.4 Å². The molecule has 8 nitrogen and oxygen atoms in total. The third kappa shape index (κ3) is 3.83. The largest absolute Gasteiger partial charge is 0.496 e. The predicted octanol–water partition coefficient (Wildman–Crippen LogP) is 1.80. The molecule has 1 atom stereocenters. The fraction of sp³-hybridized carbons (Fsp3) is 0.312. The van der Waals surface area contributed by atoms with Gasteiger partial charge in [0.1, 0.15) is 5.75 Å². The van der Waals surface area contributed by atoms with Crippen LogP contribution in [-0.2, 0) is 7.05 Å². The van der Waals surface area contributed by atoms with Crippen molar-refractivity contribution in [1.29, 1.82) is 0 Å². The van der Waals surface area contributed by atoms with Crippen LogP contribution >= 0.6 is 0 Å². The Bertz CT molecular complexity index is 741. The number of ether oxygens (including phenoxy) is 1. The van der Waals surface area contributed by atoms with Crippen molar-refractivity contribution in [3.8, 4) is 5.75 Å². The first-order valence-electron chi connectivity index (χ1n) is 7.49.